The van der Waals surface area contributed by atoms with E-state index in [1.54, 1.807) is 0 Å². The number of carboxylic acids is 1. The third kappa shape index (κ3) is 1.81. The molecule has 0 bridgehead atoms. The second kappa shape index (κ2) is 4.43. The summed E-state index contributed by atoms with van der Waals surface area (Å²) >= 11 is 6.14. The zero-order chi connectivity index (χ0) is 11.7. The smallest absolute Gasteiger partial charge is 0.314 e. The van der Waals surface area contributed by atoms with Crippen LogP contribution in [-0.4, -0.2) is 27.2 Å². The maximum Gasteiger partial charge on any atom is 0.314 e. The van der Waals surface area contributed by atoms with Crippen molar-refractivity contribution in [2.45, 2.75) is 31.7 Å². The number of aromatic nitrogens is 2. The third-order valence-electron chi connectivity index (χ3n) is 2.91. The Hall–Kier alpha value is -1.07. The van der Waals surface area contributed by atoms with Crippen molar-refractivity contribution in [2.24, 2.45) is 5.73 Å². The van der Waals surface area contributed by atoms with Gasteiger partial charge in [0.2, 0.25) is 0 Å². The minimum Gasteiger partial charge on any atom is -0.481 e. The van der Waals surface area contributed by atoms with Gasteiger partial charge in [-0.25, -0.2) is 4.98 Å². The first kappa shape index (κ1) is 11.4. The Balaban J connectivity index is 2.41. The van der Waals surface area contributed by atoms with Gasteiger partial charge in [-0.3, -0.25) is 4.79 Å². The monoisotopic (exact) mass is 243 g/mol. The number of fused-ring (bicyclic) bond motifs is 1. The molecule has 2 heterocycles. The summed E-state index contributed by atoms with van der Waals surface area (Å²) in [7, 11) is 0. The van der Waals surface area contributed by atoms with Gasteiger partial charge in [-0.1, -0.05) is 11.6 Å². The molecule has 0 aliphatic carbocycles. The molecule has 0 spiro atoms. The normalized spacial score (nSPS) is 16.9. The van der Waals surface area contributed by atoms with Gasteiger partial charge in [0, 0.05) is 19.5 Å². The molecule has 0 radical (unpaired) electrons. The SMILES string of the molecule is NCC(C(=O)O)c1nc2n(c1Cl)CCCC2. The highest BCUT2D eigenvalue weighted by molar-refractivity contribution is 6.30. The zero-order valence-corrected chi connectivity index (χ0v) is 9.57. The van der Waals surface area contributed by atoms with E-state index in [0.29, 0.717) is 10.8 Å². The molecule has 1 aromatic heterocycles. The number of hydrogen-bond donors (Lipinski definition) is 2. The number of imidazole rings is 1. The Bertz CT molecular complexity index is 416. The molecular weight excluding hydrogens is 230 g/mol. The molecule has 1 aromatic rings. The van der Waals surface area contributed by atoms with Gasteiger partial charge in [0.25, 0.3) is 0 Å². The summed E-state index contributed by atoms with van der Waals surface area (Å²) in [5.74, 6) is -0.892. The molecule has 88 valence electrons. The first-order valence-electron chi connectivity index (χ1n) is 5.32. The first-order valence-corrected chi connectivity index (χ1v) is 5.70. The van der Waals surface area contributed by atoms with Crippen LogP contribution in [0.5, 0.6) is 0 Å². The van der Waals surface area contributed by atoms with Crippen molar-refractivity contribution in [3.8, 4) is 0 Å². The standard InChI is InChI=1S/C10H14ClN3O2/c11-9-8(6(5-12)10(15)16)13-7-3-1-2-4-14(7)9/h6H,1-5,12H2,(H,15,16). The molecule has 0 saturated heterocycles. The summed E-state index contributed by atoms with van der Waals surface area (Å²) in [6.07, 6.45) is 2.99. The quantitative estimate of drug-likeness (QED) is 0.830. The first-order chi connectivity index (χ1) is 7.65. The highest BCUT2D eigenvalue weighted by Crippen LogP contribution is 2.28. The predicted molar refractivity (Wildman–Crippen MR) is 59.6 cm³/mol. The molecule has 0 aromatic carbocycles. The minimum absolute atomic E-state index is 0.0194. The van der Waals surface area contributed by atoms with Gasteiger partial charge in [-0.2, -0.15) is 0 Å². The van der Waals surface area contributed by atoms with Crippen molar-refractivity contribution in [2.75, 3.05) is 6.54 Å². The van der Waals surface area contributed by atoms with Crippen LogP contribution in [0.3, 0.4) is 0 Å². The van der Waals surface area contributed by atoms with Crippen LogP contribution in [0, 0.1) is 0 Å². The third-order valence-corrected chi connectivity index (χ3v) is 3.30. The molecular formula is C10H14ClN3O2. The molecule has 5 nitrogen and oxygen atoms in total. The average Bonchev–Trinajstić information content (AvgIpc) is 2.58. The Labute approximate surface area is 98.2 Å². The van der Waals surface area contributed by atoms with Gasteiger partial charge in [0.05, 0.1) is 5.69 Å². The molecule has 1 unspecified atom stereocenters. The van der Waals surface area contributed by atoms with Crippen LogP contribution in [0.1, 0.15) is 30.3 Å². The minimum atomic E-state index is -0.972. The van der Waals surface area contributed by atoms with Gasteiger partial charge < -0.3 is 15.4 Å². The van der Waals surface area contributed by atoms with Gasteiger partial charge in [0.15, 0.2) is 0 Å². The largest absolute Gasteiger partial charge is 0.481 e. The van der Waals surface area contributed by atoms with E-state index >= 15 is 0 Å². The van der Waals surface area contributed by atoms with Crippen LogP contribution in [-0.2, 0) is 17.8 Å². The Morgan fingerprint density at radius 3 is 2.94 bits per heavy atom. The zero-order valence-electron chi connectivity index (χ0n) is 8.82. The lowest BCUT2D eigenvalue weighted by Crippen LogP contribution is -2.21. The molecule has 0 amide bonds. The molecule has 1 aliphatic heterocycles. The number of carbonyl (C=O) groups is 1. The van der Waals surface area contributed by atoms with Crippen LogP contribution < -0.4 is 5.73 Å². The van der Waals surface area contributed by atoms with E-state index in [2.05, 4.69) is 4.98 Å². The topological polar surface area (TPSA) is 81.1 Å². The number of halogens is 1. The van der Waals surface area contributed by atoms with E-state index < -0.39 is 11.9 Å². The van der Waals surface area contributed by atoms with Crippen LogP contribution in [0.2, 0.25) is 5.15 Å². The Morgan fingerprint density at radius 2 is 2.38 bits per heavy atom. The number of aryl methyl sites for hydroxylation is 1. The lowest BCUT2D eigenvalue weighted by Gasteiger charge is -2.13. The number of hydrogen-bond acceptors (Lipinski definition) is 3. The Morgan fingerprint density at radius 1 is 1.62 bits per heavy atom. The maximum absolute atomic E-state index is 11.0. The maximum atomic E-state index is 11.0. The van der Waals surface area contributed by atoms with Crippen molar-refractivity contribution in [3.05, 3.63) is 16.7 Å². The molecule has 6 heteroatoms. The van der Waals surface area contributed by atoms with E-state index in [1.807, 2.05) is 4.57 Å². The lowest BCUT2D eigenvalue weighted by atomic mass is 10.1. The van der Waals surface area contributed by atoms with Crippen molar-refractivity contribution in [1.29, 1.82) is 0 Å². The fraction of sp³-hybridized carbons (Fsp3) is 0.600. The number of nitrogens with two attached hydrogens (primary N) is 1. The summed E-state index contributed by atoms with van der Waals surface area (Å²) in [6.45, 7) is 0.837. The number of nitrogens with zero attached hydrogens (tertiary/aromatic N) is 2. The van der Waals surface area contributed by atoms with Gasteiger partial charge in [-0.05, 0) is 12.8 Å². The molecule has 1 aliphatic rings. The number of rotatable bonds is 3. The highest BCUT2D eigenvalue weighted by Gasteiger charge is 2.27. The van der Waals surface area contributed by atoms with Crippen LogP contribution in [0.15, 0.2) is 0 Å². The number of aliphatic carboxylic acids is 1. The lowest BCUT2D eigenvalue weighted by molar-refractivity contribution is -0.138. The molecule has 2 rings (SSSR count). The van der Waals surface area contributed by atoms with E-state index in [0.717, 1.165) is 31.6 Å². The average molecular weight is 244 g/mol. The highest BCUT2D eigenvalue weighted by atomic mass is 35.5. The summed E-state index contributed by atoms with van der Waals surface area (Å²) in [4.78, 5) is 15.3. The molecule has 1 atom stereocenters. The second-order valence-electron chi connectivity index (χ2n) is 3.94. The summed E-state index contributed by atoms with van der Waals surface area (Å²) in [5, 5.41) is 9.46. The molecule has 0 fully saturated rings. The van der Waals surface area contributed by atoms with E-state index in [-0.39, 0.29) is 6.54 Å². The number of carboxylic acid groups (broad SMARTS) is 1. The summed E-state index contributed by atoms with van der Waals surface area (Å²) in [6, 6.07) is 0. The fourth-order valence-electron chi connectivity index (χ4n) is 2.02. The fourth-order valence-corrected chi connectivity index (χ4v) is 2.38. The summed E-state index contributed by atoms with van der Waals surface area (Å²) in [5.41, 5.74) is 5.85. The van der Waals surface area contributed by atoms with Crippen molar-refractivity contribution < 1.29 is 9.90 Å². The molecule has 3 N–H and O–H groups in total. The van der Waals surface area contributed by atoms with Gasteiger partial charge >= 0.3 is 5.97 Å². The molecule has 16 heavy (non-hydrogen) atoms. The van der Waals surface area contributed by atoms with Crippen molar-refractivity contribution >= 4 is 17.6 Å². The van der Waals surface area contributed by atoms with Crippen LogP contribution in [0.4, 0.5) is 0 Å². The van der Waals surface area contributed by atoms with E-state index in [4.69, 9.17) is 22.4 Å². The van der Waals surface area contributed by atoms with Gasteiger partial charge in [0.1, 0.15) is 16.9 Å². The van der Waals surface area contributed by atoms with Crippen molar-refractivity contribution in [3.63, 3.8) is 0 Å². The summed E-state index contributed by atoms with van der Waals surface area (Å²) < 4.78 is 1.89. The van der Waals surface area contributed by atoms with Crippen molar-refractivity contribution in [1.82, 2.24) is 9.55 Å². The second-order valence-corrected chi connectivity index (χ2v) is 4.30. The van der Waals surface area contributed by atoms with Crippen LogP contribution in [0.25, 0.3) is 0 Å². The molecule has 0 saturated carbocycles. The predicted octanol–water partition coefficient (Wildman–Crippen LogP) is 1.000. The van der Waals surface area contributed by atoms with E-state index in [1.165, 1.54) is 0 Å². The van der Waals surface area contributed by atoms with Crippen LogP contribution >= 0.6 is 11.6 Å². The van der Waals surface area contributed by atoms with Gasteiger partial charge in [-0.15, -0.1) is 0 Å². The van der Waals surface area contributed by atoms with E-state index in [9.17, 15) is 4.79 Å². The Kier molecular flexibility index (Phi) is 3.16.